The van der Waals surface area contributed by atoms with Crippen LogP contribution >= 0.6 is 0 Å². The van der Waals surface area contributed by atoms with Gasteiger partial charge in [0.05, 0.1) is 6.10 Å². The van der Waals surface area contributed by atoms with Crippen molar-refractivity contribution in [2.75, 3.05) is 39.8 Å². The number of nitrogens with one attached hydrogen (secondary N) is 1. The predicted molar refractivity (Wildman–Crippen MR) is 73.4 cm³/mol. The van der Waals surface area contributed by atoms with Crippen LogP contribution < -0.4 is 5.32 Å². The number of methoxy groups -OCH3 is 1. The minimum Gasteiger partial charge on any atom is -0.381 e. The van der Waals surface area contributed by atoms with E-state index in [0.717, 1.165) is 13.1 Å². The van der Waals surface area contributed by atoms with Crippen molar-refractivity contribution in [2.24, 2.45) is 5.41 Å². The molecule has 102 valence electrons. The second-order valence-electron chi connectivity index (χ2n) is 6.34. The molecule has 0 amide bonds. The fourth-order valence-corrected chi connectivity index (χ4v) is 2.19. The van der Waals surface area contributed by atoms with Crippen LogP contribution in [0, 0.1) is 5.41 Å². The van der Waals surface area contributed by atoms with Crippen LogP contribution in [0.5, 0.6) is 0 Å². The molecule has 0 bridgehead atoms. The molecule has 1 fully saturated rings. The van der Waals surface area contributed by atoms with Gasteiger partial charge in [0.15, 0.2) is 0 Å². The van der Waals surface area contributed by atoms with Crippen molar-refractivity contribution < 1.29 is 4.74 Å². The Morgan fingerprint density at radius 3 is 2.35 bits per heavy atom. The lowest BCUT2D eigenvalue weighted by Gasteiger charge is -2.31. The fraction of sp³-hybridized carbons (Fsp3) is 1.00. The molecular weight excluding hydrogens is 212 g/mol. The molecule has 1 N–H and O–H groups in total. The summed E-state index contributed by atoms with van der Waals surface area (Å²) in [5.41, 5.74) is 0.448. The first-order chi connectivity index (χ1) is 8.01. The summed E-state index contributed by atoms with van der Waals surface area (Å²) in [6.07, 6.45) is 4.13. The first-order valence-electron chi connectivity index (χ1n) is 6.97. The number of nitrogens with zero attached hydrogens (tertiary/aromatic N) is 1. The van der Waals surface area contributed by atoms with Crippen LogP contribution in [0.25, 0.3) is 0 Å². The summed E-state index contributed by atoms with van der Waals surface area (Å²) in [5.74, 6) is 0. The van der Waals surface area contributed by atoms with E-state index in [1.807, 2.05) is 7.11 Å². The molecule has 0 aromatic rings. The molecule has 1 saturated heterocycles. The SMILES string of the molecule is COC1CCN(CCNCCC(C)(C)C)CC1. The third-order valence-corrected chi connectivity index (χ3v) is 3.52. The molecule has 0 saturated carbocycles. The lowest BCUT2D eigenvalue weighted by Crippen LogP contribution is -2.40. The summed E-state index contributed by atoms with van der Waals surface area (Å²) < 4.78 is 5.38. The Morgan fingerprint density at radius 1 is 1.18 bits per heavy atom. The lowest BCUT2D eigenvalue weighted by atomic mass is 9.92. The van der Waals surface area contributed by atoms with E-state index < -0.39 is 0 Å². The van der Waals surface area contributed by atoms with Gasteiger partial charge in [0.2, 0.25) is 0 Å². The molecule has 0 aromatic carbocycles. The Labute approximate surface area is 107 Å². The van der Waals surface area contributed by atoms with Crippen molar-refractivity contribution in [3.8, 4) is 0 Å². The van der Waals surface area contributed by atoms with Crippen molar-refractivity contribution in [3.63, 3.8) is 0 Å². The molecule has 3 heteroatoms. The van der Waals surface area contributed by atoms with Gasteiger partial charge in [-0.1, -0.05) is 20.8 Å². The maximum atomic E-state index is 5.38. The van der Waals surface area contributed by atoms with Crippen molar-refractivity contribution in [1.82, 2.24) is 10.2 Å². The zero-order valence-corrected chi connectivity index (χ0v) is 12.1. The van der Waals surface area contributed by atoms with Gasteiger partial charge >= 0.3 is 0 Å². The normalized spacial score (nSPS) is 19.8. The Bertz CT molecular complexity index is 193. The van der Waals surface area contributed by atoms with Crippen molar-refractivity contribution >= 4 is 0 Å². The summed E-state index contributed by atoms with van der Waals surface area (Å²) >= 11 is 0. The molecule has 1 aliphatic rings. The van der Waals surface area contributed by atoms with Gasteiger partial charge in [0.1, 0.15) is 0 Å². The van der Waals surface area contributed by atoms with Gasteiger partial charge in [-0.15, -0.1) is 0 Å². The number of likely N-dealkylation sites (tertiary alicyclic amines) is 1. The zero-order chi connectivity index (χ0) is 12.7. The van der Waals surface area contributed by atoms with E-state index >= 15 is 0 Å². The highest BCUT2D eigenvalue weighted by atomic mass is 16.5. The number of rotatable bonds is 6. The first-order valence-corrected chi connectivity index (χ1v) is 6.97. The van der Waals surface area contributed by atoms with Gasteiger partial charge in [-0.25, -0.2) is 0 Å². The molecule has 0 radical (unpaired) electrons. The van der Waals surface area contributed by atoms with Crippen LogP contribution in [0.3, 0.4) is 0 Å². The molecule has 0 atom stereocenters. The maximum Gasteiger partial charge on any atom is 0.0595 e. The smallest absolute Gasteiger partial charge is 0.0595 e. The lowest BCUT2D eigenvalue weighted by molar-refractivity contribution is 0.0414. The van der Waals surface area contributed by atoms with Crippen LogP contribution in [-0.2, 0) is 4.74 Å². The quantitative estimate of drug-likeness (QED) is 0.722. The number of piperidine rings is 1. The Balaban J connectivity index is 1.97. The van der Waals surface area contributed by atoms with Gasteiger partial charge in [-0.2, -0.15) is 0 Å². The number of hydrogen-bond donors (Lipinski definition) is 1. The molecule has 3 nitrogen and oxygen atoms in total. The van der Waals surface area contributed by atoms with E-state index in [9.17, 15) is 0 Å². The van der Waals surface area contributed by atoms with Crippen LogP contribution in [0.2, 0.25) is 0 Å². The van der Waals surface area contributed by atoms with Gasteiger partial charge in [-0.05, 0) is 31.2 Å². The maximum absolute atomic E-state index is 5.38. The molecule has 1 aliphatic heterocycles. The number of hydrogen-bond acceptors (Lipinski definition) is 3. The molecular formula is C14H30N2O. The highest BCUT2D eigenvalue weighted by Crippen LogP contribution is 2.16. The summed E-state index contributed by atoms with van der Waals surface area (Å²) in [6.45, 7) is 12.7. The summed E-state index contributed by atoms with van der Waals surface area (Å²) in [4.78, 5) is 2.54. The first kappa shape index (κ1) is 14.9. The molecule has 0 aliphatic carbocycles. The molecule has 0 aromatic heterocycles. The average Bonchev–Trinajstić information content (AvgIpc) is 2.28. The van der Waals surface area contributed by atoms with Crippen LogP contribution in [0.15, 0.2) is 0 Å². The molecule has 1 heterocycles. The van der Waals surface area contributed by atoms with Gasteiger partial charge in [-0.3, -0.25) is 0 Å². The standard InChI is InChI=1S/C14H30N2O/c1-14(2,3)7-8-15-9-12-16-10-5-13(17-4)6-11-16/h13,15H,5-12H2,1-4H3. The van der Waals surface area contributed by atoms with Crippen LogP contribution in [0.1, 0.15) is 40.0 Å². The minimum atomic E-state index is 0.448. The van der Waals surface area contributed by atoms with Crippen molar-refractivity contribution in [2.45, 2.75) is 46.1 Å². The zero-order valence-electron chi connectivity index (χ0n) is 12.1. The van der Waals surface area contributed by atoms with Crippen molar-refractivity contribution in [3.05, 3.63) is 0 Å². The fourth-order valence-electron chi connectivity index (χ4n) is 2.19. The van der Waals surface area contributed by atoms with E-state index in [-0.39, 0.29) is 0 Å². The topological polar surface area (TPSA) is 24.5 Å². The third-order valence-electron chi connectivity index (χ3n) is 3.52. The predicted octanol–water partition coefficient (Wildman–Crippen LogP) is 2.12. The summed E-state index contributed by atoms with van der Waals surface area (Å²) in [6, 6.07) is 0. The Morgan fingerprint density at radius 2 is 1.82 bits per heavy atom. The Hall–Kier alpha value is -0.120. The molecule has 0 unspecified atom stereocenters. The van der Waals surface area contributed by atoms with Crippen molar-refractivity contribution in [1.29, 1.82) is 0 Å². The van der Waals surface area contributed by atoms with Gasteiger partial charge in [0.25, 0.3) is 0 Å². The molecule has 17 heavy (non-hydrogen) atoms. The van der Waals surface area contributed by atoms with Gasteiger partial charge in [0, 0.05) is 33.3 Å². The largest absolute Gasteiger partial charge is 0.381 e. The Kier molecular flexibility index (Phi) is 6.45. The molecule has 0 spiro atoms. The summed E-state index contributed by atoms with van der Waals surface area (Å²) in [5, 5.41) is 3.54. The molecule has 1 rings (SSSR count). The highest BCUT2D eigenvalue weighted by molar-refractivity contribution is 4.72. The van der Waals surface area contributed by atoms with Crippen LogP contribution in [-0.4, -0.2) is 50.8 Å². The highest BCUT2D eigenvalue weighted by Gasteiger charge is 2.17. The second kappa shape index (κ2) is 7.34. The monoisotopic (exact) mass is 242 g/mol. The van der Waals surface area contributed by atoms with E-state index in [1.54, 1.807) is 0 Å². The second-order valence-corrected chi connectivity index (χ2v) is 6.34. The van der Waals surface area contributed by atoms with E-state index in [0.29, 0.717) is 11.5 Å². The van der Waals surface area contributed by atoms with E-state index in [1.165, 1.54) is 38.9 Å². The van der Waals surface area contributed by atoms with E-state index in [2.05, 4.69) is 31.0 Å². The van der Waals surface area contributed by atoms with Gasteiger partial charge < -0.3 is 15.0 Å². The summed E-state index contributed by atoms with van der Waals surface area (Å²) in [7, 11) is 1.83. The minimum absolute atomic E-state index is 0.448. The van der Waals surface area contributed by atoms with E-state index in [4.69, 9.17) is 4.74 Å². The van der Waals surface area contributed by atoms with Crippen LogP contribution in [0.4, 0.5) is 0 Å². The third kappa shape index (κ3) is 7.02. The number of ether oxygens (including phenoxy) is 1. The average molecular weight is 242 g/mol.